The molecule has 2 heterocycles. The Bertz CT molecular complexity index is 601. The van der Waals surface area contributed by atoms with Gasteiger partial charge in [0, 0.05) is 18.6 Å². The van der Waals surface area contributed by atoms with Gasteiger partial charge in [-0.1, -0.05) is 25.0 Å². The highest BCUT2D eigenvalue weighted by Gasteiger charge is 1.95. The third-order valence-electron chi connectivity index (χ3n) is 2.01. The second-order valence-electron chi connectivity index (χ2n) is 3.45. The number of hydrogen-bond donors (Lipinski definition) is 0. The van der Waals surface area contributed by atoms with Gasteiger partial charge in [-0.25, -0.2) is 14.1 Å². The first kappa shape index (κ1) is 21.9. The molecule has 0 aromatic carbocycles. The third-order valence-corrected chi connectivity index (χ3v) is 2.16. The van der Waals surface area contributed by atoms with Gasteiger partial charge in [0.2, 0.25) is 6.33 Å². The van der Waals surface area contributed by atoms with Crippen molar-refractivity contribution in [2.75, 3.05) is 5.88 Å². The van der Waals surface area contributed by atoms with E-state index >= 15 is 0 Å². The molecule has 0 aliphatic heterocycles. The van der Waals surface area contributed by atoms with Crippen LogP contribution >= 0.6 is 11.6 Å². The summed E-state index contributed by atoms with van der Waals surface area (Å²) in [7, 11) is 0. The van der Waals surface area contributed by atoms with Crippen LogP contribution in [-0.2, 0) is 6.54 Å². The van der Waals surface area contributed by atoms with Gasteiger partial charge in [-0.15, -0.1) is 24.4 Å². The van der Waals surface area contributed by atoms with E-state index in [-0.39, 0.29) is 12.4 Å². The number of hydrogen-bond acceptors (Lipinski definition) is 1. The fourth-order valence-electron chi connectivity index (χ4n) is 1.10. The van der Waals surface area contributed by atoms with E-state index in [0.717, 1.165) is 0 Å². The van der Waals surface area contributed by atoms with Crippen molar-refractivity contribution in [3.8, 4) is 24.7 Å². The summed E-state index contributed by atoms with van der Waals surface area (Å²) in [6, 6.07) is 0. The van der Waals surface area contributed by atoms with E-state index in [1.54, 1.807) is 29.5 Å². The quantitative estimate of drug-likeness (QED) is 0.416. The van der Waals surface area contributed by atoms with E-state index in [9.17, 15) is 0 Å². The summed E-state index contributed by atoms with van der Waals surface area (Å²) in [5.74, 6) is 5.05. The molecule has 116 valence electrons. The van der Waals surface area contributed by atoms with Gasteiger partial charge in [-0.05, 0) is 0 Å². The van der Waals surface area contributed by atoms with Gasteiger partial charge < -0.3 is 17.0 Å². The van der Waals surface area contributed by atoms with Crippen molar-refractivity contribution >= 4 is 24.0 Å². The molecular formula is C16H18Cl2N4. The van der Waals surface area contributed by atoms with E-state index in [4.69, 9.17) is 18.0 Å². The highest BCUT2D eigenvalue weighted by atomic mass is 35.5. The highest BCUT2D eigenvalue weighted by Crippen LogP contribution is 1.82. The van der Waals surface area contributed by atoms with Crippen LogP contribution in [0.2, 0.25) is 0 Å². The minimum atomic E-state index is 0. The number of nitrogens with zero attached hydrogens (tertiary/aromatic N) is 4. The second kappa shape index (κ2) is 15.0. The van der Waals surface area contributed by atoms with Gasteiger partial charge in [0.25, 0.3) is 0 Å². The standard InChI is InChI=1S/C8H9N2.C5H6N2.C3H3Cl.ClH/c1-3-5-10-7-6-9(4-2)8-10;1-2-7-4-3-6-5-7;1-2-3-4;/h1,4,6-8H,2,5H2;2-5H,1H2;1H,3H2;1H/q+1;;;/p-1. The maximum Gasteiger partial charge on any atom is 0.249 e. The minimum absolute atomic E-state index is 0. The van der Waals surface area contributed by atoms with Gasteiger partial charge in [0.15, 0.2) is 6.54 Å². The SMILES string of the molecule is C#CCCl.C#CC[n+]1ccn(C=C)c1.C=Cn1ccnc1.[Cl-]. The molecule has 0 fully saturated rings. The first-order chi connectivity index (χ1) is 10.2. The lowest BCUT2D eigenvalue weighted by Gasteiger charge is -1.81. The van der Waals surface area contributed by atoms with Crippen molar-refractivity contribution in [2.45, 2.75) is 6.54 Å². The van der Waals surface area contributed by atoms with E-state index < -0.39 is 0 Å². The van der Waals surface area contributed by atoms with Crippen molar-refractivity contribution in [1.29, 1.82) is 0 Å². The molecule has 2 aromatic heterocycles. The minimum Gasteiger partial charge on any atom is -1.00 e. The molecule has 2 aromatic rings. The Kier molecular flexibility index (Phi) is 14.9. The summed E-state index contributed by atoms with van der Waals surface area (Å²) >= 11 is 4.95. The Hall–Kier alpha value is -2.40. The summed E-state index contributed by atoms with van der Waals surface area (Å²) < 4.78 is 5.53. The Labute approximate surface area is 143 Å². The molecular weight excluding hydrogens is 319 g/mol. The maximum atomic E-state index is 5.11. The van der Waals surface area contributed by atoms with Crippen molar-refractivity contribution in [3.63, 3.8) is 0 Å². The smallest absolute Gasteiger partial charge is 0.249 e. The monoisotopic (exact) mass is 336 g/mol. The highest BCUT2D eigenvalue weighted by molar-refractivity contribution is 6.19. The van der Waals surface area contributed by atoms with Gasteiger partial charge in [0.1, 0.15) is 12.4 Å². The lowest BCUT2D eigenvalue weighted by molar-refractivity contribution is -0.683. The lowest BCUT2D eigenvalue weighted by Crippen LogP contribution is -3.00. The molecule has 0 atom stereocenters. The molecule has 0 radical (unpaired) electrons. The van der Waals surface area contributed by atoms with Gasteiger partial charge in [-0.2, -0.15) is 0 Å². The molecule has 0 aliphatic carbocycles. The normalized spacial score (nSPS) is 7.59. The van der Waals surface area contributed by atoms with E-state index in [1.807, 2.05) is 34.1 Å². The average Bonchev–Trinajstić information content (AvgIpc) is 3.19. The number of halogens is 2. The Morgan fingerprint density at radius 2 is 1.82 bits per heavy atom. The van der Waals surface area contributed by atoms with Crippen molar-refractivity contribution in [2.24, 2.45) is 0 Å². The fraction of sp³-hybridized carbons (Fsp3) is 0.125. The third kappa shape index (κ3) is 10.4. The van der Waals surface area contributed by atoms with Crippen molar-refractivity contribution in [3.05, 3.63) is 50.6 Å². The molecule has 22 heavy (non-hydrogen) atoms. The van der Waals surface area contributed by atoms with Gasteiger partial charge in [-0.3, -0.25) is 0 Å². The largest absolute Gasteiger partial charge is 1.00 e. The summed E-state index contributed by atoms with van der Waals surface area (Å²) in [5, 5.41) is 0. The van der Waals surface area contributed by atoms with Crippen molar-refractivity contribution in [1.82, 2.24) is 14.1 Å². The van der Waals surface area contributed by atoms with Crippen LogP contribution in [0.1, 0.15) is 0 Å². The molecule has 0 aliphatic rings. The zero-order valence-corrected chi connectivity index (χ0v) is 13.7. The molecule has 4 nitrogen and oxygen atoms in total. The Morgan fingerprint density at radius 3 is 2.14 bits per heavy atom. The number of terminal acetylenes is 2. The van der Waals surface area contributed by atoms with Crippen LogP contribution in [0.4, 0.5) is 0 Å². The zero-order valence-electron chi connectivity index (χ0n) is 12.1. The Morgan fingerprint density at radius 1 is 1.18 bits per heavy atom. The van der Waals surface area contributed by atoms with Gasteiger partial charge in [0.05, 0.1) is 18.4 Å². The molecule has 0 saturated heterocycles. The predicted octanol–water partition coefficient (Wildman–Crippen LogP) is -0.645. The lowest BCUT2D eigenvalue weighted by atomic mass is 10.6. The van der Waals surface area contributed by atoms with Gasteiger partial charge >= 0.3 is 0 Å². The van der Waals surface area contributed by atoms with Crippen LogP contribution in [-0.4, -0.2) is 20.0 Å². The molecule has 2 rings (SSSR count). The number of imidazole rings is 2. The summed E-state index contributed by atoms with van der Waals surface area (Å²) in [5.41, 5.74) is 0. The Balaban J connectivity index is 0. The number of aromatic nitrogens is 4. The number of alkyl halides is 1. The molecule has 0 unspecified atom stereocenters. The first-order valence-electron chi connectivity index (χ1n) is 5.93. The summed E-state index contributed by atoms with van der Waals surface area (Å²) in [4.78, 5) is 3.78. The molecule has 0 saturated carbocycles. The second-order valence-corrected chi connectivity index (χ2v) is 3.72. The zero-order chi connectivity index (χ0) is 15.9. The molecule has 0 bridgehead atoms. The molecule has 0 amide bonds. The molecule has 6 heteroatoms. The van der Waals surface area contributed by atoms with E-state index in [2.05, 4.69) is 36.4 Å². The summed E-state index contributed by atoms with van der Waals surface area (Å²) in [6.45, 7) is 7.74. The van der Waals surface area contributed by atoms with Crippen LogP contribution in [0, 0.1) is 24.7 Å². The van der Waals surface area contributed by atoms with Crippen LogP contribution < -0.4 is 17.0 Å². The van der Waals surface area contributed by atoms with E-state index in [0.29, 0.717) is 12.4 Å². The summed E-state index contributed by atoms with van der Waals surface area (Å²) in [6.07, 6.45) is 24.1. The van der Waals surface area contributed by atoms with Crippen LogP contribution in [0.3, 0.4) is 0 Å². The first-order valence-corrected chi connectivity index (χ1v) is 6.47. The number of rotatable bonds is 3. The predicted molar refractivity (Wildman–Crippen MR) is 88.0 cm³/mol. The molecule has 0 spiro atoms. The fourth-order valence-corrected chi connectivity index (χ4v) is 1.10. The maximum absolute atomic E-state index is 5.11. The van der Waals surface area contributed by atoms with Crippen LogP contribution in [0.25, 0.3) is 12.4 Å². The van der Waals surface area contributed by atoms with Crippen LogP contribution in [0.5, 0.6) is 0 Å². The van der Waals surface area contributed by atoms with Crippen molar-refractivity contribution < 1.29 is 17.0 Å². The molecule has 0 N–H and O–H groups in total. The van der Waals surface area contributed by atoms with Crippen LogP contribution in [0.15, 0.2) is 50.6 Å². The van der Waals surface area contributed by atoms with E-state index in [1.165, 1.54) is 0 Å². The topological polar surface area (TPSA) is 26.6 Å². The average molecular weight is 337 g/mol.